The van der Waals surface area contributed by atoms with Gasteiger partial charge in [-0.15, -0.1) is 12.4 Å². The van der Waals surface area contributed by atoms with Crippen LogP contribution in [-0.4, -0.2) is 37.8 Å². The third kappa shape index (κ3) is 3.91. The Balaban J connectivity index is 0.00000144. The van der Waals surface area contributed by atoms with Gasteiger partial charge in [-0.05, 0) is 17.7 Å². The molecule has 0 bridgehead atoms. The Morgan fingerprint density at radius 3 is 2.35 bits per heavy atom. The first-order valence-corrected chi connectivity index (χ1v) is 6.37. The molecule has 17 heavy (non-hydrogen) atoms. The van der Waals surface area contributed by atoms with Crippen molar-refractivity contribution in [3.05, 3.63) is 34.3 Å². The summed E-state index contributed by atoms with van der Waals surface area (Å²) in [7, 11) is 0. The number of piperazine rings is 1. The zero-order chi connectivity index (χ0) is 11.4. The van der Waals surface area contributed by atoms with Crippen molar-refractivity contribution in [1.29, 1.82) is 0 Å². The van der Waals surface area contributed by atoms with Crippen LogP contribution in [0.15, 0.2) is 28.7 Å². The van der Waals surface area contributed by atoms with E-state index in [4.69, 9.17) is 0 Å². The van der Waals surface area contributed by atoms with Gasteiger partial charge in [0.2, 0.25) is 0 Å². The number of rotatable bonds is 3. The molecule has 0 aromatic heterocycles. The van der Waals surface area contributed by atoms with E-state index in [9.17, 15) is 4.39 Å². The maximum Gasteiger partial charge on any atom is 0.109 e. The Kier molecular flexibility index (Phi) is 6.41. The van der Waals surface area contributed by atoms with Gasteiger partial charge < -0.3 is 5.32 Å². The lowest BCUT2D eigenvalue weighted by Gasteiger charge is -2.33. The molecule has 1 aromatic rings. The molecule has 1 fully saturated rings. The van der Waals surface area contributed by atoms with E-state index in [1.807, 2.05) is 24.3 Å². The van der Waals surface area contributed by atoms with Crippen molar-refractivity contribution in [1.82, 2.24) is 10.2 Å². The number of halogens is 3. The average molecular weight is 324 g/mol. The van der Waals surface area contributed by atoms with Crippen LogP contribution in [0.25, 0.3) is 0 Å². The van der Waals surface area contributed by atoms with Crippen LogP contribution >= 0.6 is 28.3 Å². The highest BCUT2D eigenvalue weighted by atomic mass is 79.9. The highest BCUT2D eigenvalue weighted by molar-refractivity contribution is 9.10. The van der Waals surface area contributed by atoms with E-state index in [1.165, 1.54) is 0 Å². The summed E-state index contributed by atoms with van der Waals surface area (Å²) in [6.07, 6.45) is 0. The molecule has 1 saturated heterocycles. The predicted molar refractivity (Wildman–Crippen MR) is 74.5 cm³/mol. The van der Waals surface area contributed by atoms with Crippen molar-refractivity contribution in [3.8, 4) is 0 Å². The summed E-state index contributed by atoms with van der Waals surface area (Å²) in [6.45, 7) is 3.43. The van der Waals surface area contributed by atoms with E-state index in [1.54, 1.807) is 0 Å². The first-order valence-electron chi connectivity index (χ1n) is 5.57. The summed E-state index contributed by atoms with van der Waals surface area (Å²) in [5, 5.41) is 3.28. The van der Waals surface area contributed by atoms with Crippen molar-refractivity contribution >= 4 is 28.3 Å². The maximum atomic E-state index is 13.2. The third-order valence-corrected chi connectivity index (χ3v) is 3.52. The smallest absolute Gasteiger partial charge is 0.109 e. The van der Waals surface area contributed by atoms with Crippen molar-refractivity contribution in [3.63, 3.8) is 0 Å². The van der Waals surface area contributed by atoms with E-state index < -0.39 is 0 Å². The first-order chi connectivity index (χ1) is 7.81. The van der Waals surface area contributed by atoms with Crippen molar-refractivity contribution < 1.29 is 4.39 Å². The molecule has 0 saturated carbocycles. The van der Waals surface area contributed by atoms with Crippen LogP contribution in [0.5, 0.6) is 0 Å². The molecule has 2 rings (SSSR count). The normalized spacial score (nSPS) is 18.5. The van der Waals surface area contributed by atoms with Gasteiger partial charge in [-0.3, -0.25) is 4.90 Å². The van der Waals surface area contributed by atoms with Crippen molar-refractivity contribution in [2.24, 2.45) is 0 Å². The van der Waals surface area contributed by atoms with Gasteiger partial charge in [0, 0.05) is 30.7 Å². The van der Waals surface area contributed by atoms with Crippen LogP contribution in [0.3, 0.4) is 0 Å². The minimum absolute atomic E-state index is 0. The Bertz CT molecular complexity index is 328. The zero-order valence-corrected chi connectivity index (χ0v) is 11.9. The van der Waals surface area contributed by atoms with Gasteiger partial charge in [0.1, 0.15) is 6.67 Å². The number of benzene rings is 1. The largest absolute Gasteiger partial charge is 0.314 e. The summed E-state index contributed by atoms with van der Waals surface area (Å²) < 4.78 is 14.2. The second kappa shape index (κ2) is 7.31. The van der Waals surface area contributed by atoms with Gasteiger partial charge in [0.15, 0.2) is 0 Å². The molecular formula is C12H17BrClFN2. The molecule has 1 aromatic carbocycles. The molecule has 1 heterocycles. The molecule has 1 N–H and O–H groups in total. The van der Waals surface area contributed by atoms with Gasteiger partial charge >= 0.3 is 0 Å². The number of alkyl halides is 1. The summed E-state index contributed by atoms with van der Waals surface area (Å²) in [6, 6.07) is 7.85. The maximum absolute atomic E-state index is 13.2. The van der Waals surface area contributed by atoms with Crippen LogP contribution in [-0.2, 0) is 0 Å². The quantitative estimate of drug-likeness (QED) is 0.920. The fraction of sp³-hybridized carbons (Fsp3) is 0.500. The van der Waals surface area contributed by atoms with Crippen LogP contribution in [0.1, 0.15) is 11.6 Å². The SMILES string of the molecule is Cl.FC[C@H](c1ccc(Br)cc1)N1CCNCC1. The molecule has 2 nitrogen and oxygen atoms in total. The summed E-state index contributed by atoms with van der Waals surface area (Å²) in [5.41, 5.74) is 1.06. The second-order valence-electron chi connectivity index (χ2n) is 4.01. The third-order valence-electron chi connectivity index (χ3n) is 2.99. The Morgan fingerprint density at radius 1 is 1.24 bits per heavy atom. The molecule has 0 aliphatic carbocycles. The first kappa shape index (κ1) is 14.9. The van der Waals surface area contributed by atoms with Gasteiger partial charge in [-0.1, -0.05) is 28.1 Å². The average Bonchev–Trinajstić information content (AvgIpc) is 2.34. The summed E-state index contributed by atoms with van der Waals surface area (Å²) >= 11 is 3.40. The predicted octanol–water partition coefficient (Wildman–Crippen LogP) is 2.79. The number of nitrogens with zero attached hydrogens (tertiary/aromatic N) is 1. The monoisotopic (exact) mass is 322 g/mol. The standard InChI is InChI=1S/C12H16BrFN2.ClH/c13-11-3-1-10(2-4-11)12(9-14)16-7-5-15-6-8-16;/h1-4,12,15H,5-9H2;1H/t12-;/m1./s1. The molecule has 0 spiro atoms. The number of hydrogen-bond acceptors (Lipinski definition) is 2. The van der Waals surface area contributed by atoms with Gasteiger partial charge in [0.25, 0.3) is 0 Å². The Hall–Kier alpha value is -0.160. The highest BCUT2D eigenvalue weighted by Crippen LogP contribution is 2.23. The minimum Gasteiger partial charge on any atom is -0.314 e. The van der Waals surface area contributed by atoms with Crippen LogP contribution in [0.2, 0.25) is 0 Å². The molecule has 0 unspecified atom stereocenters. The van der Waals surface area contributed by atoms with Crippen LogP contribution in [0, 0.1) is 0 Å². The lowest BCUT2D eigenvalue weighted by molar-refractivity contribution is 0.147. The Morgan fingerprint density at radius 2 is 1.82 bits per heavy atom. The van der Waals surface area contributed by atoms with Crippen LogP contribution in [0.4, 0.5) is 4.39 Å². The lowest BCUT2D eigenvalue weighted by atomic mass is 10.1. The van der Waals surface area contributed by atoms with E-state index >= 15 is 0 Å². The van der Waals surface area contributed by atoms with E-state index in [0.29, 0.717) is 0 Å². The molecule has 1 atom stereocenters. The molecule has 5 heteroatoms. The number of hydrogen-bond donors (Lipinski definition) is 1. The van der Waals surface area contributed by atoms with Crippen molar-refractivity contribution in [2.45, 2.75) is 6.04 Å². The highest BCUT2D eigenvalue weighted by Gasteiger charge is 2.21. The molecule has 96 valence electrons. The number of nitrogens with one attached hydrogen (secondary N) is 1. The van der Waals surface area contributed by atoms with E-state index in [2.05, 4.69) is 26.1 Å². The molecule has 1 aliphatic rings. The second-order valence-corrected chi connectivity index (χ2v) is 4.92. The fourth-order valence-corrected chi connectivity index (χ4v) is 2.34. The van der Waals surface area contributed by atoms with E-state index in [0.717, 1.165) is 36.2 Å². The topological polar surface area (TPSA) is 15.3 Å². The fourth-order valence-electron chi connectivity index (χ4n) is 2.08. The minimum atomic E-state index is -0.318. The van der Waals surface area contributed by atoms with Gasteiger partial charge in [0.05, 0.1) is 6.04 Å². The molecular weight excluding hydrogens is 307 g/mol. The van der Waals surface area contributed by atoms with Crippen LogP contribution < -0.4 is 5.32 Å². The van der Waals surface area contributed by atoms with Crippen molar-refractivity contribution in [2.75, 3.05) is 32.9 Å². The lowest BCUT2D eigenvalue weighted by Crippen LogP contribution is -2.45. The van der Waals surface area contributed by atoms with Gasteiger partial charge in [-0.25, -0.2) is 4.39 Å². The summed E-state index contributed by atoms with van der Waals surface area (Å²) in [5.74, 6) is 0. The Labute approximate surface area is 116 Å². The molecule has 0 amide bonds. The summed E-state index contributed by atoms with van der Waals surface area (Å²) in [4.78, 5) is 2.21. The molecule has 1 aliphatic heterocycles. The van der Waals surface area contributed by atoms with E-state index in [-0.39, 0.29) is 25.1 Å². The molecule has 0 radical (unpaired) electrons. The van der Waals surface area contributed by atoms with Gasteiger partial charge in [-0.2, -0.15) is 0 Å². The zero-order valence-electron chi connectivity index (χ0n) is 9.53.